The van der Waals surface area contributed by atoms with Crippen molar-refractivity contribution in [2.45, 2.75) is 53.6 Å². The molecule has 2 aromatic rings. The van der Waals surface area contributed by atoms with E-state index in [0.717, 1.165) is 28.7 Å². The Morgan fingerprint density at radius 2 is 2.08 bits per heavy atom. The number of benzene rings is 1. The van der Waals surface area contributed by atoms with Crippen LogP contribution in [0.4, 0.5) is 0 Å². The second-order valence-corrected chi connectivity index (χ2v) is 7.55. The van der Waals surface area contributed by atoms with Crippen LogP contribution in [0.5, 0.6) is 0 Å². The Labute approximate surface area is 152 Å². The Kier molecular flexibility index (Phi) is 6.60. The zero-order valence-electron chi connectivity index (χ0n) is 14.9. The number of carbonyl (C=O) groups is 1. The van der Waals surface area contributed by atoms with Crippen LogP contribution in [0.2, 0.25) is 0 Å². The minimum absolute atomic E-state index is 0.0744. The molecule has 130 valence electrons. The predicted octanol–water partition coefficient (Wildman–Crippen LogP) is 4.17. The number of carbonyl (C=O) groups excluding carboxylic acids is 1. The number of amides is 1. The molecule has 0 fully saturated rings. The van der Waals surface area contributed by atoms with Gasteiger partial charge in [0, 0.05) is 29.7 Å². The quantitative estimate of drug-likeness (QED) is 0.769. The highest BCUT2D eigenvalue weighted by Gasteiger charge is 2.13. The summed E-state index contributed by atoms with van der Waals surface area (Å²) in [6, 6.07) is 7.98. The zero-order valence-corrected chi connectivity index (χ0v) is 16.5. The molecule has 0 aliphatic heterocycles. The smallest absolute Gasteiger partial charge is 0.220 e. The summed E-state index contributed by atoms with van der Waals surface area (Å²) in [5.74, 6) is 0.634. The number of aromatic nitrogens is 2. The lowest BCUT2D eigenvalue weighted by Gasteiger charge is -2.08. The van der Waals surface area contributed by atoms with Crippen molar-refractivity contribution in [3.05, 3.63) is 51.3 Å². The first kappa shape index (κ1) is 18.7. The normalized spacial score (nSPS) is 11.1. The van der Waals surface area contributed by atoms with E-state index in [9.17, 15) is 4.79 Å². The molecule has 5 heteroatoms. The molecular formula is C19H26BrN3O. The highest BCUT2D eigenvalue weighted by Crippen LogP contribution is 2.16. The molecule has 0 atom stereocenters. The summed E-state index contributed by atoms with van der Waals surface area (Å²) in [7, 11) is 0. The summed E-state index contributed by atoms with van der Waals surface area (Å²) in [6.07, 6.45) is 1.23. The van der Waals surface area contributed by atoms with Crippen molar-refractivity contribution in [2.75, 3.05) is 0 Å². The highest BCUT2D eigenvalue weighted by atomic mass is 79.9. The summed E-state index contributed by atoms with van der Waals surface area (Å²) in [6.45, 7) is 9.97. The Morgan fingerprint density at radius 3 is 2.75 bits per heavy atom. The molecule has 0 bridgehead atoms. The largest absolute Gasteiger partial charge is 0.352 e. The first-order chi connectivity index (χ1) is 11.4. The van der Waals surface area contributed by atoms with Gasteiger partial charge in [-0.1, -0.05) is 41.9 Å². The van der Waals surface area contributed by atoms with Crippen molar-refractivity contribution in [1.82, 2.24) is 15.1 Å². The van der Waals surface area contributed by atoms with E-state index in [4.69, 9.17) is 0 Å². The topological polar surface area (TPSA) is 46.9 Å². The van der Waals surface area contributed by atoms with Crippen molar-refractivity contribution in [3.8, 4) is 0 Å². The van der Waals surface area contributed by atoms with Gasteiger partial charge in [-0.15, -0.1) is 0 Å². The van der Waals surface area contributed by atoms with Gasteiger partial charge in [0.15, 0.2) is 0 Å². The highest BCUT2D eigenvalue weighted by molar-refractivity contribution is 9.10. The van der Waals surface area contributed by atoms with E-state index in [0.29, 0.717) is 18.9 Å². The van der Waals surface area contributed by atoms with Gasteiger partial charge in [-0.3, -0.25) is 9.48 Å². The van der Waals surface area contributed by atoms with Gasteiger partial charge in [0.05, 0.1) is 5.69 Å². The standard InChI is InChI=1S/C19H26BrN3O/c1-13(2)12-23-15(4)18(14(3)22-23)8-9-19(24)21-11-16-6-5-7-17(20)10-16/h5-7,10,13H,8-9,11-12H2,1-4H3,(H,21,24). The minimum Gasteiger partial charge on any atom is -0.352 e. The maximum atomic E-state index is 12.1. The van der Waals surface area contributed by atoms with Gasteiger partial charge in [-0.05, 0) is 49.4 Å². The van der Waals surface area contributed by atoms with E-state index in [1.807, 2.05) is 31.2 Å². The van der Waals surface area contributed by atoms with E-state index in [-0.39, 0.29) is 5.91 Å². The number of aryl methyl sites for hydroxylation is 1. The minimum atomic E-state index is 0.0744. The molecular weight excluding hydrogens is 366 g/mol. The lowest BCUT2D eigenvalue weighted by Crippen LogP contribution is -2.23. The van der Waals surface area contributed by atoms with E-state index < -0.39 is 0 Å². The van der Waals surface area contributed by atoms with Crippen molar-refractivity contribution >= 4 is 21.8 Å². The first-order valence-corrected chi connectivity index (χ1v) is 9.20. The molecule has 2 rings (SSSR count). The molecule has 0 radical (unpaired) electrons. The van der Waals surface area contributed by atoms with E-state index in [2.05, 4.69) is 51.8 Å². The van der Waals surface area contributed by atoms with Crippen LogP contribution in [0.25, 0.3) is 0 Å². The number of nitrogens with one attached hydrogen (secondary N) is 1. The maximum Gasteiger partial charge on any atom is 0.220 e. The monoisotopic (exact) mass is 391 g/mol. The van der Waals surface area contributed by atoms with Crippen LogP contribution in [0.15, 0.2) is 28.7 Å². The van der Waals surface area contributed by atoms with Crippen LogP contribution >= 0.6 is 15.9 Å². The van der Waals surface area contributed by atoms with Crippen LogP contribution in [-0.2, 0) is 24.3 Å². The zero-order chi connectivity index (χ0) is 17.7. The second-order valence-electron chi connectivity index (χ2n) is 6.63. The maximum absolute atomic E-state index is 12.1. The summed E-state index contributed by atoms with van der Waals surface area (Å²) in [5, 5.41) is 7.60. The van der Waals surface area contributed by atoms with Crippen molar-refractivity contribution in [1.29, 1.82) is 0 Å². The fourth-order valence-electron chi connectivity index (χ4n) is 2.79. The molecule has 0 unspecified atom stereocenters. The van der Waals surface area contributed by atoms with Crippen molar-refractivity contribution < 1.29 is 4.79 Å². The van der Waals surface area contributed by atoms with Crippen molar-refractivity contribution in [2.24, 2.45) is 5.92 Å². The summed E-state index contributed by atoms with van der Waals surface area (Å²) >= 11 is 3.44. The van der Waals surface area contributed by atoms with Gasteiger partial charge < -0.3 is 5.32 Å². The van der Waals surface area contributed by atoms with Gasteiger partial charge in [0.1, 0.15) is 0 Å². The lowest BCUT2D eigenvalue weighted by atomic mass is 10.1. The molecule has 1 amide bonds. The molecule has 1 aromatic carbocycles. The Balaban J connectivity index is 1.88. The Morgan fingerprint density at radius 1 is 1.33 bits per heavy atom. The molecule has 0 saturated heterocycles. The third-order valence-corrected chi connectivity index (χ3v) is 4.54. The fraction of sp³-hybridized carbons (Fsp3) is 0.474. The summed E-state index contributed by atoms with van der Waals surface area (Å²) in [4.78, 5) is 12.1. The van der Waals surface area contributed by atoms with Crippen LogP contribution < -0.4 is 5.32 Å². The number of hydrogen-bond acceptors (Lipinski definition) is 2. The summed E-state index contributed by atoms with van der Waals surface area (Å²) < 4.78 is 3.09. The molecule has 4 nitrogen and oxygen atoms in total. The van der Waals surface area contributed by atoms with E-state index >= 15 is 0 Å². The Hall–Kier alpha value is -1.62. The summed E-state index contributed by atoms with van der Waals surface area (Å²) in [5.41, 5.74) is 4.51. The number of hydrogen-bond donors (Lipinski definition) is 1. The van der Waals surface area contributed by atoms with Crippen molar-refractivity contribution in [3.63, 3.8) is 0 Å². The van der Waals surface area contributed by atoms with E-state index in [1.165, 1.54) is 11.3 Å². The Bertz CT molecular complexity index is 707. The third kappa shape index (κ3) is 5.20. The van der Waals surface area contributed by atoms with Gasteiger partial charge in [0.25, 0.3) is 0 Å². The van der Waals surface area contributed by atoms with Gasteiger partial charge in [-0.2, -0.15) is 5.10 Å². The fourth-order valence-corrected chi connectivity index (χ4v) is 3.24. The molecule has 0 aliphatic carbocycles. The van der Waals surface area contributed by atoms with Crippen LogP contribution in [-0.4, -0.2) is 15.7 Å². The van der Waals surface area contributed by atoms with Crippen LogP contribution in [0.3, 0.4) is 0 Å². The number of nitrogens with zero attached hydrogens (tertiary/aromatic N) is 2. The molecule has 1 aromatic heterocycles. The molecule has 1 N–H and O–H groups in total. The second kappa shape index (κ2) is 8.47. The van der Waals surface area contributed by atoms with E-state index in [1.54, 1.807) is 0 Å². The first-order valence-electron chi connectivity index (χ1n) is 8.41. The average Bonchev–Trinajstić information content (AvgIpc) is 2.77. The predicted molar refractivity (Wildman–Crippen MR) is 101 cm³/mol. The third-order valence-electron chi connectivity index (χ3n) is 4.05. The SMILES string of the molecule is Cc1nn(CC(C)C)c(C)c1CCC(=O)NCc1cccc(Br)c1. The number of halogens is 1. The lowest BCUT2D eigenvalue weighted by molar-refractivity contribution is -0.121. The van der Waals surface area contributed by atoms with Gasteiger partial charge in [0.2, 0.25) is 5.91 Å². The van der Waals surface area contributed by atoms with Gasteiger partial charge >= 0.3 is 0 Å². The average molecular weight is 392 g/mol. The van der Waals surface area contributed by atoms with Crippen LogP contribution in [0, 0.1) is 19.8 Å². The molecule has 0 aliphatic rings. The molecule has 1 heterocycles. The molecule has 0 saturated carbocycles. The van der Waals surface area contributed by atoms with Crippen LogP contribution in [0.1, 0.15) is 42.8 Å². The number of rotatable bonds is 7. The molecule has 0 spiro atoms. The van der Waals surface area contributed by atoms with Gasteiger partial charge in [-0.25, -0.2) is 0 Å². The molecule has 24 heavy (non-hydrogen) atoms.